The van der Waals surface area contributed by atoms with Crippen molar-refractivity contribution in [1.29, 1.82) is 0 Å². The number of aliphatic hydroxyl groups is 1. The molecule has 0 saturated carbocycles. The summed E-state index contributed by atoms with van der Waals surface area (Å²) in [7, 11) is 1.41. The quantitative estimate of drug-likeness (QED) is 0.605. The first-order chi connectivity index (χ1) is 7.25. The minimum Gasteiger partial charge on any atom is -0.479 e. The van der Waals surface area contributed by atoms with E-state index in [2.05, 4.69) is 0 Å². The Bertz CT molecular complexity index is 525. The molecule has 0 spiro atoms. The summed E-state index contributed by atoms with van der Waals surface area (Å²) in [6.07, 6.45) is 2.57. The summed E-state index contributed by atoms with van der Waals surface area (Å²) in [5.41, 5.74) is -3.73. The van der Waals surface area contributed by atoms with Gasteiger partial charge in [-0.1, -0.05) is 0 Å². The zero-order valence-corrected chi connectivity index (χ0v) is 8.88. The van der Waals surface area contributed by atoms with Crippen LogP contribution in [0.4, 0.5) is 0 Å². The third-order valence-electron chi connectivity index (χ3n) is 2.17. The van der Waals surface area contributed by atoms with Gasteiger partial charge < -0.3 is 19.3 Å². The van der Waals surface area contributed by atoms with Crippen LogP contribution in [0.3, 0.4) is 0 Å². The number of carbonyl (C=O) groups is 1. The number of aryl methyl sites for hydroxylation is 1. The van der Waals surface area contributed by atoms with Crippen LogP contribution in [0.25, 0.3) is 0 Å². The maximum atomic E-state index is 11.4. The van der Waals surface area contributed by atoms with Crippen molar-refractivity contribution < 1.29 is 15.0 Å². The lowest BCUT2D eigenvalue weighted by molar-refractivity contribution is -0.157. The average Bonchev–Trinajstić information content (AvgIpc) is 2.19. The maximum Gasteiger partial charge on any atom is 0.337 e. The Kier molecular flexibility index (Phi) is 2.99. The number of aromatic nitrogens is 2. The lowest BCUT2D eigenvalue weighted by Crippen LogP contribution is -2.46. The van der Waals surface area contributed by atoms with E-state index in [1.54, 1.807) is 0 Å². The van der Waals surface area contributed by atoms with Crippen LogP contribution in [-0.4, -0.2) is 30.9 Å². The van der Waals surface area contributed by atoms with Gasteiger partial charge in [-0.05, 0) is 6.92 Å². The van der Waals surface area contributed by atoms with Crippen LogP contribution in [0.15, 0.2) is 22.0 Å². The third kappa shape index (κ3) is 2.19. The number of hydrogen-bond donors (Lipinski definition) is 2. The molecular formula is C9H12N2O5. The summed E-state index contributed by atoms with van der Waals surface area (Å²) < 4.78 is 1.95. The van der Waals surface area contributed by atoms with E-state index in [1.165, 1.54) is 19.4 Å². The van der Waals surface area contributed by atoms with E-state index in [-0.39, 0.29) is 0 Å². The SMILES string of the molecule is Cn1ccn(CC(C)(O)C(=O)O)c(=O)c1=O. The number of aliphatic carboxylic acids is 1. The molecule has 0 amide bonds. The second-order valence-electron chi connectivity index (χ2n) is 3.73. The van der Waals surface area contributed by atoms with Crippen molar-refractivity contribution in [3.8, 4) is 0 Å². The molecule has 1 heterocycles. The number of rotatable bonds is 3. The molecule has 88 valence electrons. The van der Waals surface area contributed by atoms with Gasteiger partial charge in [0.2, 0.25) is 0 Å². The molecule has 0 saturated heterocycles. The zero-order valence-electron chi connectivity index (χ0n) is 8.88. The van der Waals surface area contributed by atoms with Crippen LogP contribution in [-0.2, 0) is 18.4 Å². The maximum absolute atomic E-state index is 11.4. The van der Waals surface area contributed by atoms with Crippen LogP contribution in [0.2, 0.25) is 0 Å². The molecule has 0 aliphatic carbocycles. The molecule has 1 aromatic heterocycles. The summed E-state index contributed by atoms with van der Waals surface area (Å²) in [4.78, 5) is 33.3. The summed E-state index contributed by atoms with van der Waals surface area (Å²) in [5, 5.41) is 18.1. The predicted molar refractivity (Wildman–Crippen MR) is 54.2 cm³/mol. The molecule has 7 heteroatoms. The Morgan fingerprint density at radius 2 is 1.94 bits per heavy atom. The van der Waals surface area contributed by atoms with Gasteiger partial charge in [0.05, 0.1) is 6.54 Å². The van der Waals surface area contributed by atoms with Gasteiger partial charge in [0.1, 0.15) is 0 Å². The van der Waals surface area contributed by atoms with Crippen molar-refractivity contribution >= 4 is 5.97 Å². The highest BCUT2D eigenvalue weighted by Gasteiger charge is 2.30. The average molecular weight is 228 g/mol. The first-order valence-electron chi connectivity index (χ1n) is 4.47. The molecule has 0 radical (unpaired) electrons. The standard InChI is InChI=1S/C9H12N2O5/c1-9(16,8(14)15)5-11-4-3-10(2)6(12)7(11)13/h3-4,16H,5H2,1-2H3,(H,14,15). The Hall–Kier alpha value is -1.89. The summed E-state index contributed by atoms with van der Waals surface area (Å²) in [6.45, 7) is 0.580. The van der Waals surface area contributed by atoms with Gasteiger partial charge in [0, 0.05) is 19.4 Å². The van der Waals surface area contributed by atoms with Crippen molar-refractivity contribution in [2.45, 2.75) is 19.1 Å². The van der Waals surface area contributed by atoms with Gasteiger partial charge >= 0.3 is 17.1 Å². The van der Waals surface area contributed by atoms with Crippen LogP contribution < -0.4 is 11.1 Å². The van der Waals surface area contributed by atoms with Crippen LogP contribution in [0.5, 0.6) is 0 Å². The molecule has 1 rings (SSSR count). The van der Waals surface area contributed by atoms with Gasteiger partial charge in [-0.25, -0.2) is 4.79 Å². The van der Waals surface area contributed by atoms with E-state index in [1.807, 2.05) is 0 Å². The Balaban J connectivity index is 3.19. The van der Waals surface area contributed by atoms with Crippen molar-refractivity contribution in [2.75, 3.05) is 0 Å². The Morgan fingerprint density at radius 3 is 2.44 bits per heavy atom. The van der Waals surface area contributed by atoms with Crippen molar-refractivity contribution in [1.82, 2.24) is 9.13 Å². The van der Waals surface area contributed by atoms with Crippen molar-refractivity contribution in [3.05, 3.63) is 33.1 Å². The van der Waals surface area contributed by atoms with Gasteiger partial charge in [-0.15, -0.1) is 0 Å². The molecule has 2 N–H and O–H groups in total. The molecule has 1 aromatic rings. The first-order valence-corrected chi connectivity index (χ1v) is 4.47. The highest BCUT2D eigenvalue weighted by molar-refractivity contribution is 5.76. The van der Waals surface area contributed by atoms with E-state index in [0.29, 0.717) is 0 Å². The number of carboxylic acids is 1. The van der Waals surface area contributed by atoms with E-state index in [4.69, 9.17) is 5.11 Å². The second-order valence-corrected chi connectivity index (χ2v) is 3.73. The fourth-order valence-corrected chi connectivity index (χ4v) is 1.11. The highest BCUT2D eigenvalue weighted by Crippen LogP contribution is 2.05. The molecule has 16 heavy (non-hydrogen) atoms. The lowest BCUT2D eigenvalue weighted by Gasteiger charge is -2.18. The fourth-order valence-electron chi connectivity index (χ4n) is 1.11. The van der Waals surface area contributed by atoms with E-state index in [9.17, 15) is 19.5 Å². The predicted octanol–water partition coefficient (Wildman–Crippen LogP) is -1.62. The molecule has 1 atom stereocenters. The van der Waals surface area contributed by atoms with Gasteiger partial charge in [0.15, 0.2) is 5.60 Å². The lowest BCUT2D eigenvalue weighted by atomic mass is 10.1. The molecule has 0 fully saturated rings. The minimum absolute atomic E-state index is 0.475. The van der Waals surface area contributed by atoms with Crippen molar-refractivity contribution in [3.63, 3.8) is 0 Å². The zero-order chi connectivity index (χ0) is 12.5. The second kappa shape index (κ2) is 3.93. The van der Waals surface area contributed by atoms with E-state index >= 15 is 0 Å². The summed E-state index contributed by atoms with van der Waals surface area (Å²) >= 11 is 0. The monoisotopic (exact) mass is 228 g/mol. The minimum atomic E-state index is -2.09. The first kappa shape index (κ1) is 12.2. The van der Waals surface area contributed by atoms with Gasteiger partial charge in [-0.2, -0.15) is 0 Å². The van der Waals surface area contributed by atoms with E-state index < -0.39 is 29.2 Å². The fraction of sp³-hybridized carbons (Fsp3) is 0.444. The topological polar surface area (TPSA) is 102 Å². The van der Waals surface area contributed by atoms with Gasteiger partial charge in [0.25, 0.3) is 0 Å². The molecule has 0 aliphatic rings. The largest absolute Gasteiger partial charge is 0.479 e. The summed E-state index contributed by atoms with van der Waals surface area (Å²) in [5.74, 6) is -1.46. The Labute approximate surface area is 90.2 Å². The number of hydrogen-bond acceptors (Lipinski definition) is 4. The third-order valence-corrected chi connectivity index (χ3v) is 2.17. The molecule has 0 aromatic carbocycles. The van der Waals surface area contributed by atoms with E-state index in [0.717, 1.165) is 16.1 Å². The van der Waals surface area contributed by atoms with Crippen LogP contribution >= 0.6 is 0 Å². The van der Waals surface area contributed by atoms with Crippen LogP contribution in [0, 0.1) is 0 Å². The normalized spacial score (nSPS) is 14.4. The van der Waals surface area contributed by atoms with Crippen LogP contribution in [0.1, 0.15) is 6.92 Å². The number of carboxylic acid groups (broad SMARTS) is 1. The molecule has 7 nitrogen and oxygen atoms in total. The molecule has 0 bridgehead atoms. The summed E-state index contributed by atoms with van der Waals surface area (Å²) in [6, 6.07) is 0. The highest BCUT2D eigenvalue weighted by atomic mass is 16.4. The van der Waals surface area contributed by atoms with Crippen molar-refractivity contribution in [2.24, 2.45) is 7.05 Å². The van der Waals surface area contributed by atoms with Gasteiger partial charge in [-0.3, -0.25) is 9.59 Å². The molecule has 1 unspecified atom stereocenters. The molecule has 0 aliphatic heterocycles. The Morgan fingerprint density at radius 1 is 1.38 bits per heavy atom. The molecular weight excluding hydrogens is 216 g/mol. The number of nitrogens with zero attached hydrogens (tertiary/aromatic N) is 2. The smallest absolute Gasteiger partial charge is 0.337 e.